The van der Waals surface area contributed by atoms with Crippen LogP contribution in [0.25, 0.3) is 6.08 Å². The predicted octanol–water partition coefficient (Wildman–Crippen LogP) is 1.78. The monoisotopic (exact) mass is 252 g/mol. The van der Waals surface area contributed by atoms with Gasteiger partial charge in [0.25, 0.3) is 0 Å². The van der Waals surface area contributed by atoms with Crippen LogP contribution in [-0.2, 0) is 14.3 Å². The fourth-order valence-corrected chi connectivity index (χ4v) is 1.15. The van der Waals surface area contributed by atoms with Crippen LogP contribution in [-0.4, -0.2) is 38.2 Å². The molecule has 0 saturated carbocycles. The molecule has 0 saturated heterocycles. The summed E-state index contributed by atoms with van der Waals surface area (Å²) in [6.45, 7) is 1.17. The van der Waals surface area contributed by atoms with Crippen LogP contribution < -0.4 is 4.74 Å². The molecule has 0 aliphatic rings. The Morgan fingerprint density at radius 3 is 2.61 bits per heavy atom. The van der Waals surface area contributed by atoms with Crippen LogP contribution in [0.2, 0.25) is 0 Å². The molecule has 98 valence electrons. The Morgan fingerprint density at radius 1 is 1.28 bits per heavy atom. The van der Waals surface area contributed by atoms with Crippen LogP contribution in [0, 0.1) is 0 Å². The van der Waals surface area contributed by atoms with Crippen LogP contribution in [0.15, 0.2) is 30.3 Å². The number of carbonyl (C=O) groups is 1. The van der Waals surface area contributed by atoms with Crippen LogP contribution in [0.1, 0.15) is 5.56 Å². The molecule has 5 nitrogen and oxygen atoms in total. The summed E-state index contributed by atoms with van der Waals surface area (Å²) in [5.41, 5.74) is 0.796. The molecular formula is C13H16O5. The Hall–Kier alpha value is -1.85. The molecule has 0 atom stereocenters. The lowest BCUT2D eigenvalue weighted by Gasteiger charge is -2.06. The molecule has 0 unspecified atom stereocenters. The Kier molecular flexibility index (Phi) is 6.53. The Balaban J connectivity index is 2.34. The highest BCUT2D eigenvalue weighted by Gasteiger charge is 1.94. The average Bonchev–Trinajstić information content (AvgIpc) is 2.37. The molecule has 18 heavy (non-hydrogen) atoms. The van der Waals surface area contributed by atoms with Crippen LogP contribution in [0.4, 0.5) is 0 Å². The van der Waals surface area contributed by atoms with E-state index < -0.39 is 5.97 Å². The summed E-state index contributed by atoms with van der Waals surface area (Å²) in [7, 11) is 1.60. The second kappa shape index (κ2) is 8.27. The summed E-state index contributed by atoms with van der Waals surface area (Å²) < 4.78 is 15.3. The van der Waals surface area contributed by atoms with E-state index in [1.165, 1.54) is 6.08 Å². The Bertz CT molecular complexity index is 383. The molecule has 5 heteroatoms. The number of methoxy groups -OCH3 is 1. The molecule has 1 rings (SSSR count). The zero-order valence-electron chi connectivity index (χ0n) is 10.2. The molecule has 0 aromatic heterocycles. The third-order valence-electron chi connectivity index (χ3n) is 2.04. The topological polar surface area (TPSA) is 65.0 Å². The van der Waals surface area contributed by atoms with E-state index in [9.17, 15) is 4.79 Å². The molecule has 0 spiro atoms. The van der Waals surface area contributed by atoms with E-state index in [4.69, 9.17) is 19.3 Å². The number of carboxylic acids is 1. The predicted molar refractivity (Wildman–Crippen MR) is 66.4 cm³/mol. The van der Waals surface area contributed by atoms with Crippen molar-refractivity contribution in [3.05, 3.63) is 35.9 Å². The van der Waals surface area contributed by atoms with Gasteiger partial charge in [-0.05, 0) is 23.8 Å². The third-order valence-corrected chi connectivity index (χ3v) is 2.04. The number of rotatable bonds is 8. The molecule has 0 amide bonds. The van der Waals surface area contributed by atoms with Crippen LogP contribution >= 0.6 is 0 Å². The SMILES string of the molecule is COCCOCOc1ccc(/C=C/C(=O)O)cc1. The van der Waals surface area contributed by atoms with Crippen molar-refractivity contribution in [3.8, 4) is 5.75 Å². The van der Waals surface area contributed by atoms with E-state index in [2.05, 4.69) is 0 Å². The molecule has 0 heterocycles. The molecule has 1 aromatic carbocycles. The number of aliphatic carboxylic acids is 1. The van der Waals surface area contributed by atoms with E-state index in [1.54, 1.807) is 31.4 Å². The highest BCUT2D eigenvalue weighted by molar-refractivity contribution is 5.85. The maximum absolute atomic E-state index is 10.3. The van der Waals surface area contributed by atoms with Crippen molar-refractivity contribution in [1.82, 2.24) is 0 Å². The summed E-state index contributed by atoms with van der Waals surface area (Å²) in [5.74, 6) is -0.304. The van der Waals surface area contributed by atoms with Gasteiger partial charge in [-0.25, -0.2) is 4.79 Å². The average molecular weight is 252 g/mol. The van der Waals surface area contributed by atoms with Crippen molar-refractivity contribution in [2.24, 2.45) is 0 Å². The molecule has 0 aliphatic carbocycles. The first-order valence-corrected chi connectivity index (χ1v) is 5.43. The van der Waals surface area contributed by atoms with Gasteiger partial charge in [-0.3, -0.25) is 0 Å². The summed E-state index contributed by atoms with van der Waals surface area (Å²) in [5, 5.41) is 8.48. The lowest BCUT2D eigenvalue weighted by atomic mass is 10.2. The van der Waals surface area contributed by atoms with Crippen LogP contribution in [0.3, 0.4) is 0 Å². The maximum atomic E-state index is 10.3. The summed E-state index contributed by atoms with van der Waals surface area (Å²) in [6.07, 6.45) is 2.60. The molecule has 0 radical (unpaired) electrons. The largest absolute Gasteiger partial charge is 0.478 e. The van der Waals surface area contributed by atoms with E-state index in [1.807, 2.05) is 0 Å². The van der Waals surface area contributed by atoms with E-state index >= 15 is 0 Å². The first-order valence-electron chi connectivity index (χ1n) is 5.43. The second-order valence-electron chi connectivity index (χ2n) is 3.40. The number of hydrogen-bond donors (Lipinski definition) is 1. The lowest BCUT2D eigenvalue weighted by molar-refractivity contribution is -0.131. The van der Waals surface area contributed by atoms with Gasteiger partial charge in [0.1, 0.15) is 5.75 Å². The van der Waals surface area contributed by atoms with Gasteiger partial charge in [0.05, 0.1) is 13.2 Å². The molecular weight excluding hydrogens is 236 g/mol. The van der Waals surface area contributed by atoms with Crippen molar-refractivity contribution in [3.63, 3.8) is 0 Å². The van der Waals surface area contributed by atoms with E-state index in [0.717, 1.165) is 11.6 Å². The van der Waals surface area contributed by atoms with Gasteiger partial charge in [0.15, 0.2) is 6.79 Å². The van der Waals surface area contributed by atoms with Gasteiger partial charge in [0, 0.05) is 13.2 Å². The van der Waals surface area contributed by atoms with Crippen molar-refractivity contribution in [2.75, 3.05) is 27.1 Å². The molecule has 0 aliphatic heterocycles. The first-order chi connectivity index (χ1) is 8.72. The van der Waals surface area contributed by atoms with Gasteiger partial charge in [-0.15, -0.1) is 0 Å². The Morgan fingerprint density at radius 2 is 2.00 bits per heavy atom. The van der Waals surface area contributed by atoms with Gasteiger partial charge < -0.3 is 19.3 Å². The number of ether oxygens (including phenoxy) is 3. The summed E-state index contributed by atoms with van der Waals surface area (Å²) in [4.78, 5) is 10.3. The Labute approximate surface area is 106 Å². The zero-order valence-corrected chi connectivity index (χ0v) is 10.2. The third kappa shape index (κ3) is 6.03. The van der Waals surface area contributed by atoms with Gasteiger partial charge >= 0.3 is 5.97 Å². The normalized spacial score (nSPS) is 10.7. The maximum Gasteiger partial charge on any atom is 0.328 e. The molecule has 1 N–H and O–H groups in total. The van der Waals surface area contributed by atoms with Gasteiger partial charge in [0.2, 0.25) is 0 Å². The van der Waals surface area contributed by atoms with Crippen molar-refractivity contribution in [1.29, 1.82) is 0 Å². The highest BCUT2D eigenvalue weighted by atomic mass is 16.7. The lowest BCUT2D eigenvalue weighted by Crippen LogP contribution is -2.07. The van der Waals surface area contributed by atoms with E-state index in [0.29, 0.717) is 19.0 Å². The number of hydrogen-bond acceptors (Lipinski definition) is 4. The second-order valence-corrected chi connectivity index (χ2v) is 3.40. The number of benzene rings is 1. The molecule has 0 fully saturated rings. The van der Waals surface area contributed by atoms with Gasteiger partial charge in [-0.2, -0.15) is 0 Å². The highest BCUT2D eigenvalue weighted by Crippen LogP contribution is 2.13. The van der Waals surface area contributed by atoms with Crippen molar-refractivity contribution >= 4 is 12.0 Å². The molecule has 0 bridgehead atoms. The van der Waals surface area contributed by atoms with Crippen molar-refractivity contribution < 1.29 is 24.1 Å². The molecule has 1 aromatic rings. The minimum absolute atomic E-state index is 0.160. The standard InChI is InChI=1S/C13H16O5/c1-16-8-9-17-10-18-12-5-2-11(3-6-12)4-7-13(14)15/h2-7H,8-10H2,1H3,(H,14,15)/b7-4+. The minimum Gasteiger partial charge on any atom is -0.478 e. The summed E-state index contributed by atoms with van der Waals surface area (Å²) in [6, 6.07) is 7.04. The number of carboxylic acid groups (broad SMARTS) is 1. The summed E-state index contributed by atoms with van der Waals surface area (Å²) >= 11 is 0. The minimum atomic E-state index is -0.970. The van der Waals surface area contributed by atoms with Crippen LogP contribution in [0.5, 0.6) is 5.75 Å². The van der Waals surface area contributed by atoms with Crippen molar-refractivity contribution in [2.45, 2.75) is 0 Å². The zero-order chi connectivity index (χ0) is 13.2. The smallest absolute Gasteiger partial charge is 0.328 e. The fourth-order valence-electron chi connectivity index (χ4n) is 1.15. The first kappa shape index (κ1) is 14.2. The fraction of sp³-hybridized carbons (Fsp3) is 0.308. The van der Waals surface area contributed by atoms with E-state index in [-0.39, 0.29) is 6.79 Å². The van der Waals surface area contributed by atoms with Gasteiger partial charge in [-0.1, -0.05) is 12.1 Å². The quantitative estimate of drug-likeness (QED) is 0.434.